The Labute approximate surface area is 110 Å². The summed E-state index contributed by atoms with van der Waals surface area (Å²) in [5.41, 5.74) is 2.44. The van der Waals surface area contributed by atoms with E-state index in [2.05, 4.69) is 55.9 Å². The summed E-state index contributed by atoms with van der Waals surface area (Å²) in [7, 11) is 0. The molecule has 0 radical (unpaired) electrons. The summed E-state index contributed by atoms with van der Waals surface area (Å²) in [6, 6.07) is 6.27. The molecular weight excluding hydrogens is 278 g/mol. The molecule has 4 heteroatoms. The average molecular weight is 294 g/mol. The van der Waals surface area contributed by atoms with Crippen molar-refractivity contribution < 1.29 is 0 Å². The highest BCUT2D eigenvalue weighted by atomic mass is 79.9. The third-order valence-corrected chi connectivity index (χ3v) is 3.27. The molecule has 0 fully saturated rings. The van der Waals surface area contributed by atoms with E-state index in [0.29, 0.717) is 0 Å². The highest BCUT2D eigenvalue weighted by Gasteiger charge is 1.99. The maximum absolute atomic E-state index is 4.20. The van der Waals surface area contributed by atoms with Gasteiger partial charge >= 0.3 is 0 Å². The van der Waals surface area contributed by atoms with Gasteiger partial charge in [-0.15, -0.1) is 0 Å². The molecule has 0 aliphatic heterocycles. The van der Waals surface area contributed by atoms with Crippen LogP contribution in [0.25, 0.3) is 0 Å². The lowest BCUT2D eigenvalue weighted by molar-refractivity contribution is 0.701. The first kappa shape index (κ1) is 12.2. The second kappa shape index (κ2) is 5.36. The van der Waals surface area contributed by atoms with Gasteiger partial charge in [0.05, 0.1) is 0 Å². The van der Waals surface area contributed by atoms with E-state index in [1.165, 1.54) is 11.3 Å². The van der Waals surface area contributed by atoms with Crippen LogP contribution >= 0.6 is 15.9 Å². The van der Waals surface area contributed by atoms with Gasteiger partial charge in [0, 0.05) is 35.6 Å². The lowest BCUT2D eigenvalue weighted by atomic mass is 10.2. The number of halogens is 1. The lowest BCUT2D eigenvalue weighted by Crippen LogP contribution is -2.11. The number of aromatic nitrogens is 2. The summed E-state index contributed by atoms with van der Waals surface area (Å²) in [6.07, 6.45) is 3.84. The van der Waals surface area contributed by atoms with Gasteiger partial charge in [-0.1, -0.05) is 15.9 Å². The quantitative estimate of drug-likeness (QED) is 0.937. The Kier molecular flexibility index (Phi) is 3.84. The summed E-state index contributed by atoms with van der Waals surface area (Å²) in [6.45, 7) is 5.96. The first-order valence-corrected chi connectivity index (χ1v) is 6.44. The minimum atomic E-state index is 0.902. The Hall–Kier alpha value is -1.29. The monoisotopic (exact) mass is 293 g/mol. The summed E-state index contributed by atoms with van der Waals surface area (Å²) in [5.74, 6) is 1.05. The number of hydrogen-bond donors (Lipinski definition) is 1. The number of rotatable bonds is 4. The van der Waals surface area contributed by atoms with Crippen molar-refractivity contribution in [3.63, 3.8) is 0 Å². The average Bonchev–Trinajstić information content (AvgIpc) is 2.68. The number of nitrogens with one attached hydrogen (secondary N) is 1. The fourth-order valence-corrected chi connectivity index (χ4v) is 2.25. The molecule has 1 aromatic heterocycles. The molecule has 0 bridgehead atoms. The van der Waals surface area contributed by atoms with Crippen LogP contribution in [-0.4, -0.2) is 16.1 Å². The third kappa shape index (κ3) is 3.09. The second-order valence-corrected chi connectivity index (χ2v) is 4.97. The first-order valence-electron chi connectivity index (χ1n) is 5.64. The zero-order valence-electron chi connectivity index (χ0n) is 10.1. The van der Waals surface area contributed by atoms with E-state index in [9.17, 15) is 0 Å². The fourth-order valence-electron chi connectivity index (χ4n) is 1.78. The molecule has 0 amide bonds. The maximum Gasteiger partial charge on any atom is 0.105 e. The topological polar surface area (TPSA) is 29.9 Å². The van der Waals surface area contributed by atoms with Crippen molar-refractivity contribution in [1.29, 1.82) is 0 Å². The largest absolute Gasteiger partial charge is 0.383 e. The highest BCUT2D eigenvalue weighted by molar-refractivity contribution is 9.10. The van der Waals surface area contributed by atoms with Gasteiger partial charge < -0.3 is 9.88 Å². The van der Waals surface area contributed by atoms with Crippen molar-refractivity contribution in [1.82, 2.24) is 9.55 Å². The van der Waals surface area contributed by atoms with E-state index in [1.807, 2.05) is 19.3 Å². The Morgan fingerprint density at radius 1 is 1.35 bits per heavy atom. The molecule has 2 rings (SSSR count). The normalized spacial score (nSPS) is 10.5. The van der Waals surface area contributed by atoms with E-state index < -0.39 is 0 Å². The summed E-state index contributed by atoms with van der Waals surface area (Å²) in [4.78, 5) is 4.20. The molecule has 0 saturated heterocycles. The van der Waals surface area contributed by atoms with Gasteiger partial charge in [0.1, 0.15) is 5.82 Å². The first-order chi connectivity index (χ1) is 8.16. The van der Waals surface area contributed by atoms with E-state index in [-0.39, 0.29) is 0 Å². The molecule has 0 saturated carbocycles. The fraction of sp³-hybridized carbons (Fsp3) is 0.308. The van der Waals surface area contributed by atoms with Crippen LogP contribution in [0.4, 0.5) is 5.69 Å². The Morgan fingerprint density at radius 2 is 2.18 bits per heavy atom. The van der Waals surface area contributed by atoms with Crippen molar-refractivity contribution >= 4 is 21.6 Å². The molecule has 0 spiro atoms. The van der Waals surface area contributed by atoms with Crippen molar-refractivity contribution in [2.45, 2.75) is 20.4 Å². The van der Waals surface area contributed by atoms with Crippen LogP contribution < -0.4 is 5.32 Å². The number of imidazole rings is 1. The highest BCUT2D eigenvalue weighted by Crippen LogP contribution is 2.19. The van der Waals surface area contributed by atoms with Crippen LogP contribution in [0.15, 0.2) is 35.1 Å². The minimum Gasteiger partial charge on any atom is -0.383 e. The van der Waals surface area contributed by atoms with Gasteiger partial charge in [0.25, 0.3) is 0 Å². The molecule has 3 nitrogen and oxygen atoms in total. The Bertz CT molecular complexity index is 505. The zero-order chi connectivity index (χ0) is 12.3. The molecule has 0 unspecified atom stereocenters. The van der Waals surface area contributed by atoms with Crippen molar-refractivity contribution in [3.8, 4) is 0 Å². The van der Waals surface area contributed by atoms with Crippen LogP contribution in [0.3, 0.4) is 0 Å². The molecule has 0 aliphatic rings. The van der Waals surface area contributed by atoms with Crippen molar-refractivity contribution in [2.75, 3.05) is 11.9 Å². The van der Waals surface area contributed by atoms with Crippen LogP contribution in [-0.2, 0) is 6.54 Å². The van der Waals surface area contributed by atoms with Gasteiger partial charge in [-0.2, -0.15) is 0 Å². The van der Waals surface area contributed by atoms with Gasteiger partial charge in [-0.25, -0.2) is 4.98 Å². The van der Waals surface area contributed by atoms with Gasteiger partial charge in [-0.05, 0) is 37.6 Å². The van der Waals surface area contributed by atoms with Crippen LogP contribution in [0.1, 0.15) is 11.4 Å². The molecule has 0 aliphatic carbocycles. The number of aryl methyl sites for hydroxylation is 2. The number of hydrogen-bond acceptors (Lipinski definition) is 2. The SMILES string of the molecule is Cc1cc(Br)ccc1NCCn1ccnc1C. The van der Waals surface area contributed by atoms with Gasteiger partial charge in [-0.3, -0.25) is 0 Å². The Balaban J connectivity index is 1.92. The molecule has 1 heterocycles. The predicted molar refractivity (Wildman–Crippen MR) is 74.3 cm³/mol. The third-order valence-electron chi connectivity index (χ3n) is 2.78. The second-order valence-electron chi connectivity index (χ2n) is 4.05. The molecule has 90 valence electrons. The van der Waals surface area contributed by atoms with Crippen LogP contribution in [0.2, 0.25) is 0 Å². The molecular formula is C13H16BrN3. The van der Waals surface area contributed by atoms with Crippen molar-refractivity contribution in [2.24, 2.45) is 0 Å². The minimum absolute atomic E-state index is 0.902. The van der Waals surface area contributed by atoms with Gasteiger partial charge in [0.2, 0.25) is 0 Å². The van der Waals surface area contributed by atoms with E-state index >= 15 is 0 Å². The molecule has 1 N–H and O–H groups in total. The summed E-state index contributed by atoms with van der Waals surface area (Å²) >= 11 is 3.47. The number of anilines is 1. The molecule has 1 aromatic carbocycles. The lowest BCUT2D eigenvalue weighted by Gasteiger charge is -2.11. The van der Waals surface area contributed by atoms with E-state index in [0.717, 1.165) is 23.4 Å². The number of benzene rings is 1. The Morgan fingerprint density at radius 3 is 2.82 bits per heavy atom. The van der Waals surface area contributed by atoms with E-state index in [1.54, 1.807) is 0 Å². The molecule has 17 heavy (non-hydrogen) atoms. The standard InChI is InChI=1S/C13H16BrN3/c1-10-9-12(14)3-4-13(10)16-6-8-17-7-5-15-11(17)2/h3-5,7,9,16H,6,8H2,1-2H3. The van der Waals surface area contributed by atoms with Crippen LogP contribution in [0.5, 0.6) is 0 Å². The molecule has 2 aromatic rings. The summed E-state index contributed by atoms with van der Waals surface area (Å²) < 4.78 is 3.26. The smallest absolute Gasteiger partial charge is 0.105 e. The zero-order valence-corrected chi connectivity index (χ0v) is 11.7. The maximum atomic E-state index is 4.20. The van der Waals surface area contributed by atoms with E-state index in [4.69, 9.17) is 0 Å². The predicted octanol–water partition coefficient (Wildman–Crippen LogP) is 3.37. The number of nitrogens with zero attached hydrogens (tertiary/aromatic N) is 2. The summed E-state index contributed by atoms with van der Waals surface area (Å²) in [5, 5.41) is 3.44. The molecule has 0 atom stereocenters. The van der Waals surface area contributed by atoms with Crippen LogP contribution in [0, 0.1) is 13.8 Å². The van der Waals surface area contributed by atoms with Gasteiger partial charge in [0.15, 0.2) is 0 Å². The van der Waals surface area contributed by atoms with Crippen molar-refractivity contribution in [3.05, 3.63) is 46.5 Å².